The lowest BCUT2D eigenvalue weighted by Gasteiger charge is -2.39. The number of nitrogens with one attached hydrogen (secondary N) is 1. The fraction of sp³-hybridized carbons (Fsp3) is 0.632. The van der Waals surface area contributed by atoms with Gasteiger partial charge in [-0.2, -0.15) is 0 Å². The van der Waals surface area contributed by atoms with Crippen LogP contribution in [0.1, 0.15) is 25.8 Å². The smallest absolute Gasteiger partial charge is 0.193 e. The zero-order valence-electron chi connectivity index (χ0n) is 16.9. The molecule has 0 aromatic heterocycles. The number of aryl methyl sites for hydroxylation is 1. The van der Waals surface area contributed by atoms with Gasteiger partial charge in [0.1, 0.15) is 0 Å². The number of hydrogen-bond donors (Lipinski definition) is 1. The minimum Gasteiger partial charge on any atom is -0.493 e. The third kappa shape index (κ3) is 5.06. The van der Waals surface area contributed by atoms with Crippen LogP contribution in [0.4, 0.5) is 0 Å². The normalized spacial score (nSPS) is 18.9. The molecule has 152 valence electrons. The second-order valence-corrected chi connectivity index (χ2v) is 10.0. The monoisotopic (exact) mass is 397 g/mol. The Balaban J connectivity index is 1.87. The van der Waals surface area contributed by atoms with E-state index < -0.39 is 14.6 Å². The van der Waals surface area contributed by atoms with E-state index in [1.54, 1.807) is 35.1 Å². The van der Waals surface area contributed by atoms with Crippen molar-refractivity contribution in [3.63, 3.8) is 0 Å². The lowest BCUT2D eigenvalue weighted by Crippen LogP contribution is -2.57. The van der Waals surface area contributed by atoms with Crippen molar-refractivity contribution in [2.75, 3.05) is 46.7 Å². The van der Waals surface area contributed by atoms with Crippen LogP contribution >= 0.6 is 0 Å². The highest BCUT2D eigenvalue weighted by atomic mass is 32.2. The van der Waals surface area contributed by atoms with Crippen LogP contribution in [-0.4, -0.2) is 70.7 Å². The summed E-state index contributed by atoms with van der Waals surface area (Å²) in [5.41, 5.74) is 1.18. The van der Waals surface area contributed by atoms with Crippen molar-refractivity contribution in [2.45, 2.75) is 31.4 Å². The molecule has 1 aliphatic heterocycles. The van der Waals surface area contributed by atoms with Gasteiger partial charge in [-0.25, -0.2) is 8.42 Å². The lowest BCUT2D eigenvalue weighted by atomic mass is 10.1. The van der Waals surface area contributed by atoms with Crippen LogP contribution < -0.4 is 14.8 Å². The van der Waals surface area contributed by atoms with Gasteiger partial charge in [0.2, 0.25) is 0 Å². The first-order chi connectivity index (χ1) is 12.7. The Hall–Kier alpha value is -1.96. The summed E-state index contributed by atoms with van der Waals surface area (Å²) in [6.45, 7) is 5.23. The first-order valence-electron chi connectivity index (χ1n) is 9.13. The summed E-state index contributed by atoms with van der Waals surface area (Å²) in [7, 11) is 1.93. The van der Waals surface area contributed by atoms with Crippen molar-refractivity contribution in [2.24, 2.45) is 4.99 Å². The molecule has 0 amide bonds. The van der Waals surface area contributed by atoms with Crippen LogP contribution in [0.2, 0.25) is 0 Å². The zero-order chi connectivity index (χ0) is 20.1. The van der Waals surface area contributed by atoms with Gasteiger partial charge in [0, 0.05) is 26.7 Å². The molecule has 1 aromatic carbocycles. The van der Waals surface area contributed by atoms with E-state index in [-0.39, 0.29) is 5.75 Å². The number of hydrogen-bond acceptors (Lipinski definition) is 5. The summed E-state index contributed by atoms with van der Waals surface area (Å²) >= 11 is 0. The van der Waals surface area contributed by atoms with Gasteiger partial charge in [-0.05, 0) is 44.4 Å². The molecular formula is C19H31N3O4S. The van der Waals surface area contributed by atoms with E-state index in [2.05, 4.69) is 10.3 Å². The average molecular weight is 398 g/mol. The second-order valence-electron chi connectivity index (χ2n) is 7.27. The van der Waals surface area contributed by atoms with Crippen molar-refractivity contribution in [3.05, 3.63) is 23.8 Å². The Morgan fingerprint density at radius 1 is 1.26 bits per heavy atom. The van der Waals surface area contributed by atoms with Gasteiger partial charge >= 0.3 is 0 Å². The first-order valence-corrected chi connectivity index (χ1v) is 10.8. The molecule has 0 aliphatic carbocycles. The third-order valence-corrected chi connectivity index (χ3v) is 7.46. The molecule has 0 radical (unpaired) electrons. The molecule has 1 fully saturated rings. The number of rotatable bonds is 6. The van der Waals surface area contributed by atoms with E-state index >= 15 is 0 Å². The predicted molar refractivity (Wildman–Crippen MR) is 109 cm³/mol. The van der Waals surface area contributed by atoms with Gasteiger partial charge in [0.05, 0.1) is 24.7 Å². The van der Waals surface area contributed by atoms with Gasteiger partial charge in [0.15, 0.2) is 27.3 Å². The molecule has 0 spiro atoms. The fourth-order valence-corrected chi connectivity index (χ4v) is 4.55. The van der Waals surface area contributed by atoms with Gasteiger partial charge in [0.25, 0.3) is 0 Å². The summed E-state index contributed by atoms with van der Waals surface area (Å²) in [4.78, 5) is 6.35. The molecule has 7 nitrogen and oxygen atoms in total. The minimum absolute atomic E-state index is 0.159. The van der Waals surface area contributed by atoms with E-state index in [1.807, 2.05) is 23.1 Å². The number of methoxy groups -OCH3 is 2. The Morgan fingerprint density at radius 3 is 2.56 bits per heavy atom. The van der Waals surface area contributed by atoms with Gasteiger partial charge in [-0.3, -0.25) is 4.99 Å². The molecule has 27 heavy (non-hydrogen) atoms. The van der Waals surface area contributed by atoms with E-state index in [4.69, 9.17) is 9.47 Å². The Bertz CT molecular complexity index is 775. The number of sulfone groups is 1. The van der Waals surface area contributed by atoms with Crippen molar-refractivity contribution < 1.29 is 17.9 Å². The third-order valence-electron chi connectivity index (χ3n) is 4.93. The maximum Gasteiger partial charge on any atom is 0.193 e. The number of nitrogens with zero attached hydrogens (tertiary/aromatic N) is 2. The number of benzene rings is 1. The molecule has 8 heteroatoms. The molecule has 1 heterocycles. The van der Waals surface area contributed by atoms with Gasteiger partial charge < -0.3 is 19.7 Å². The Morgan fingerprint density at radius 2 is 1.96 bits per heavy atom. The molecular weight excluding hydrogens is 366 g/mol. The second kappa shape index (κ2) is 8.82. The highest BCUT2D eigenvalue weighted by Crippen LogP contribution is 2.28. The van der Waals surface area contributed by atoms with E-state index in [0.29, 0.717) is 13.1 Å². The average Bonchev–Trinajstić information content (AvgIpc) is 2.64. The molecule has 0 bridgehead atoms. The van der Waals surface area contributed by atoms with Crippen LogP contribution in [0.3, 0.4) is 0 Å². The van der Waals surface area contributed by atoms with Gasteiger partial charge in [-0.15, -0.1) is 0 Å². The Kier molecular flexibility index (Phi) is 6.97. The molecule has 1 saturated heterocycles. The summed E-state index contributed by atoms with van der Waals surface area (Å²) in [6.07, 6.45) is 1.81. The topological polar surface area (TPSA) is 80.2 Å². The predicted octanol–water partition coefficient (Wildman–Crippen LogP) is 1.72. The summed E-state index contributed by atoms with van der Waals surface area (Å²) in [6, 6.07) is 5.94. The highest BCUT2D eigenvalue weighted by Gasteiger charge is 2.40. The maximum atomic E-state index is 12.2. The number of guanidine groups is 1. The van der Waals surface area contributed by atoms with Crippen LogP contribution in [0.15, 0.2) is 23.2 Å². The van der Waals surface area contributed by atoms with Gasteiger partial charge in [-0.1, -0.05) is 6.07 Å². The number of aliphatic imine (C=N–C) groups is 1. The SMILES string of the molecule is CN=C(NCCCc1ccc(OC)c(OC)c1)N1CCS(=O)(=O)C(C)(C)C1. The van der Waals surface area contributed by atoms with Crippen LogP contribution in [-0.2, 0) is 16.3 Å². The molecule has 0 saturated carbocycles. The van der Waals surface area contributed by atoms with Crippen molar-refractivity contribution >= 4 is 15.8 Å². The quantitative estimate of drug-likeness (QED) is 0.447. The molecule has 0 unspecified atom stereocenters. The van der Waals surface area contributed by atoms with Crippen LogP contribution in [0.5, 0.6) is 11.5 Å². The molecule has 1 aromatic rings. The van der Waals surface area contributed by atoms with Crippen LogP contribution in [0, 0.1) is 0 Å². The van der Waals surface area contributed by atoms with Crippen LogP contribution in [0.25, 0.3) is 0 Å². The standard InChI is InChI=1S/C19H31N3O4S/c1-19(2)14-22(11-12-27(19,23)24)18(20-3)21-10-6-7-15-8-9-16(25-4)17(13-15)26-5/h8-9,13H,6-7,10-12,14H2,1-5H3,(H,20,21). The van der Waals surface area contributed by atoms with E-state index in [0.717, 1.165) is 36.8 Å². The zero-order valence-corrected chi connectivity index (χ0v) is 17.7. The Labute approximate surface area is 162 Å². The molecule has 0 atom stereocenters. The fourth-order valence-electron chi connectivity index (χ4n) is 3.19. The molecule has 1 N–H and O–H groups in total. The first kappa shape index (κ1) is 21.3. The largest absolute Gasteiger partial charge is 0.493 e. The maximum absolute atomic E-state index is 12.2. The van der Waals surface area contributed by atoms with Crippen molar-refractivity contribution in [1.29, 1.82) is 0 Å². The summed E-state index contributed by atoms with van der Waals surface area (Å²) in [5, 5.41) is 3.35. The van der Waals surface area contributed by atoms with Crippen molar-refractivity contribution in [1.82, 2.24) is 10.2 Å². The molecule has 1 aliphatic rings. The minimum atomic E-state index is -3.06. The van der Waals surface area contributed by atoms with E-state index in [1.165, 1.54) is 5.56 Å². The number of ether oxygens (including phenoxy) is 2. The lowest BCUT2D eigenvalue weighted by molar-refractivity contribution is 0.353. The van der Waals surface area contributed by atoms with Crippen molar-refractivity contribution in [3.8, 4) is 11.5 Å². The van der Waals surface area contributed by atoms with E-state index in [9.17, 15) is 8.42 Å². The summed E-state index contributed by atoms with van der Waals surface area (Å²) in [5.74, 6) is 2.37. The highest BCUT2D eigenvalue weighted by molar-refractivity contribution is 7.92. The summed E-state index contributed by atoms with van der Waals surface area (Å²) < 4.78 is 34.2. The molecule has 2 rings (SSSR count).